The van der Waals surface area contributed by atoms with Gasteiger partial charge in [0, 0.05) is 17.6 Å². The second kappa shape index (κ2) is 9.75. The lowest BCUT2D eigenvalue weighted by Crippen LogP contribution is -2.39. The Hall–Kier alpha value is -4.30. The number of carbonyl (C=O) groups is 2. The van der Waals surface area contributed by atoms with E-state index in [1.54, 1.807) is 48.7 Å². The van der Waals surface area contributed by atoms with E-state index in [0.717, 1.165) is 10.9 Å². The fourth-order valence-electron chi connectivity index (χ4n) is 4.71. The van der Waals surface area contributed by atoms with Gasteiger partial charge in [-0.2, -0.15) is 0 Å². The van der Waals surface area contributed by atoms with Crippen molar-refractivity contribution < 1.29 is 29.3 Å². The largest absolute Gasteiger partial charge is 0.464 e. The van der Waals surface area contributed by atoms with Crippen LogP contribution in [0, 0.1) is 0 Å². The predicted octanol–water partition coefficient (Wildman–Crippen LogP) is 4.46. The number of carboxylic acid groups (broad SMARTS) is 1. The summed E-state index contributed by atoms with van der Waals surface area (Å²) < 4.78 is 12.1. The molecule has 36 heavy (non-hydrogen) atoms. The molecule has 0 saturated carbocycles. The zero-order chi connectivity index (χ0) is 25.2. The minimum atomic E-state index is -1.09. The first-order valence-electron chi connectivity index (χ1n) is 11.7. The Balaban J connectivity index is 1.41. The number of ether oxygens (including phenoxy) is 2. The molecule has 1 aliphatic heterocycles. The lowest BCUT2D eigenvalue weighted by atomic mass is 9.87. The van der Waals surface area contributed by atoms with E-state index in [2.05, 4.69) is 5.32 Å². The Morgan fingerprint density at radius 3 is 2.47 bits per heavy atom. The summed E-state index contributed by atoms with van der Waals surface area (Å²) in [5.41, 5.74) is 2.62. The van der Waals surface area contributed by atoms with E-state index in [1.807, 2.05) is 37.3 Å². The molecule has 4 aromatic rings. The molecule has 0 unspecified atom stereocenters. The summed E-state index contributed by atoms with van der Waals surface area (Å²) in [7, 11) is 0. The van der Waals surface area contributed by atoms with Crippen LogP contribution in [0.1, 0.15) is 35.6 Å². The number of hydrogen-bond acceptors (Lipinski definition) is 5. The molecule has 2 heterocycles. The van der Waals surface area contributed by atoms with Crippen molar-refractivity contribution in [1.29, 1.82) is 0 Å². The van der Waals surface area contributed by atoms with Crippen molar-refractivity contribution in [2.45, 2.75) is 31.4 Å². The molecular formula is C28H26N2O6. The molecule has 1 aliphatic rings. The molecule has 1 aromatic heterocycles. The highest BCUT2D eigenvalue weighted by Crippen LogP contribution is 2.38. The molecule has 3 atom stereocenters. The molecule has 0 bridgehead atoms. The second-order valence-corrected chi connectivity index (χ2v) is 8.88. The number of fused-ring (bicyclic) bond motifs is 2. The van der Waals surface area contributed by atoms with Gasteiger partial charge in [0.05, 0.1) is 17.5 Å². The average Bonchev–Trinajstić information content (AvgIpc) is 3.49. The number of nitrogens with zero attached hydrogens (tertiary/aromatic N) is 1. The summed E-state index contributed by atoms with van der Waals surface area (Å²) in [6.45, 7) is 1.97. The number of aromatic nitrogens is 1. The first kappa shape index (κ1) is 23.4. The van der Waals surface area contributed by atoms with E-state index >= 15 is 0 Å². The van der Waals surface area contributed by atoms with Crippen LogP contribution in [0.15, 0.2) is 79.0 Å². The van der Waals surface area contributed by atoms with Gasteiger partial charge in [-0.05, 0) is 48.2 Å². The molecule has 0 spiro atoms. The second-order valence-electron chi connectivity index (χ2n) is 8.88. The van der Waals surface area contributed by atoms with Crippen molar-refractivity contribution in [2.75, 3.05) is 6.79 Å². The molecule has 0 saturated heterocycles. The molecule has 5 rings (SSSR count). The first-order chi connectivity index (χ1) is 17.4. The maximum Gasteiger partial charge on any atom is 0.416 e. The predicted molar refractivity (Wildman–Crippen MR) is 133 cm³/mol. The number of rotatable bonds is 7. The van der Waals surface area contributed by atoms with E-state index in [0.29, 0.717) is 34.6 Å². The molecule has 8 heteroatoms. The minimum Gasteiger partial charge on any atom is -0.464 e. The highest BCUT2D eigenvalue weighted by molar-refractivity contribution is 5.91. The summed E-state index contributed by atoms with van der Waals surface area (Å²) in [5, 5.41) is 24.7. The molecule has 0 radical (unpaired) electrons. The summed E-state index contributed by atoms with van der Waals surface area (Å²) in [4.78, 5) is 25.3. The average molecular weight is 487 g/mol. The smallest absolute Gasteiger partial charge is 0.416 e. The van der Waals surface area contributed by atoms with Gasteiger partial charge in [0.2, 0.25) is 12.7 Å². The van der Waals surface area contributed by atoms with Crippen molar-refractivity contribution in [2.24, 2.45) is 0 Å². The topological polar surface area (TPSA) is 110 Å². The zero-order valence-electron chi connectivity index (χ0n) is 19.6. The number of para-hydroxylation sites is 1. The third kappa shape index (κ3) is 4.50. The molecule has 3 aromatic carbocycles. The normalized spacial score (nSPS) is 14.8. The van der Waals surface area contributed by atoms with E-state index in [9.17, 15) is 19.8 Å². The van der Waals surface area contributed by atoms with Crippen LogP contribution in [0.2, 0.25) is 0 Å². The van der Waals surface area contributed by atoms with Crippen LogP contribution in [-0.2, 0) is 11.2 Å². The van der Waals surface area contributed by atoms with Crippen molar-refractivity contribution in [1.82, 2.24) is 9.88 Å². The molecule has 1 amide bonds. The van der Waals surface area contributed by atoms with Crippen molar-refractivity contribution in [3.63, 3.8) is 0 Å². The SMILES string of the molecule is C[C@H](Cc1cn(C(=O)O)c2ccccc12)NC(=O)[C@@H](c1ccc2c(c1)OCO2)[C@@H](O)c1ccccc1. The molecule has 3 N–H and O–H groups in total. The zero-order valence-corrected chi connectivity index (χ0v) is 19.6. The van der Waals surface area contributed by atoms with Gasteiger partial charge in [-0.1, -0.05) is 54.6 Å². The number of aliphatic hydroxyl groups is 1. The fourth-order valence-corrected chi connectivity index (χ4v) is 4.71. The van der Waals surface area contributed by atoms with Gasteiger partial charge < -0.3 is 25.0 Å². The first-order valence-corrected chi connectivity index (χ1v) is 11.7. The van der Waals surface area contributed by atoms with Gasteiger partial charge in [-0.25, -0.2) is 4.79 Å². The maximum absolute atomic E-state index is 13.6. The lowest BCUT2D eigenvalue weighted by molar-refractivity contribution is -0.125. The van der Waals surface area contributed by atoms with Crippen LogP contribution in [0.4, 0.5) is 4.79 Å². The van der Waals surface area contributed by atoms with Gasteiger partial charge in [-0.3, -0.25) is 9.36 Å². The molecular weight excluding hydrogens is 460 g/mol. The van der Waals surface area contributed by atoms with Gasteiger partial charge in [0.1, 0.15) is 0 Å². The Morgan fingerprint density at radius 1 is 0.972 bits per heavy atom. The minimum absolute atomic E-state index is 0.109. The van der Waals surface area contributed by atoms with Gasteiger partial charge in [-0.15, -0.1) is 0 Å². The quantitative estimate of drug-likeness (QED) is 0.356. The highest BCUT2D eigenvalue weighted by atomic mass is 16.7. The third-order valence-corrected chi connectivity index (χ3v) is 6.41. The van der Waals surface area contributed by atoms with Gasteiger partial charge in [0.25, 0.3) is 0 Å². The molecule has 8 nitrogen and oxygen atoms in total. The summed E-state index contributed by atoms with van der Waals surface area (Å²) in [6, 6.07) is 21.2. The van der Waals surface area contributed by atoms with Crippen LogP contribution >= 0.6 is 0 Å². The Kier molecular flexibility index (Phi) is 6.35. The number of benzene rings is 3. The van der Waals surface area contributed by atoms with Crippen molar-refractivity contribution in [3.05, 3.63) is 95.7 Å². The number of hydrogen-bond donors (Lipinski definition) is 3. The Morgan fingerprint density at radius 2 is 1.69 bits per heavy atom. The Bertz CT molecular complexity index is 1410. The summed E-state index contributed by atoms with van der Waals surface area (Å²) in [6.07, 6.45) is -0.151. The van der Waals surface area contributed by atoms with Crippen LogP contribution in [0.5, 0.6) is 11.5 Å². The van der Waals surface area contributed by atoms with Crippen molar-refractivity contribution in [3.8, 4) is 11.5 Å². The molecule has 0 aliphatic carbocycles. The van der Waals surface area contributed by atoms with Crippen LogP contribution in [0.25, 0.3) is 10.9 Å². The molecule has 0 fully saturated rings. The number of aliphatic hydroxyl groups excluding tert-OH is 1. The van der Waals surface area contributed by atoms with E-state index in [4.69, 9.17) is 9.47 Å². The highest BCUT2D eigenvalue weighted by Gasteiger charge is 2.32. The van der Waals surface area contributed by atoms with Crippen LogP contribution in [-0.4, -0.2) is 39.6 Å². The number of carbonyl (C=O) groups excluding carboxylic acids is 1. The van der Waals surface area contributed by atoms with E-state index in [1.165, 1.54) is 4.57 Å². The monoisotopic (exact) mass is 486 g/mol. The van der Waals surface area contributed by atoms with Gasteiger partial charge in [0.15, 0.2) is 11.5 Å². The van der Waals surface area contributed by atoms with Crippen LogP contribution in [0.3, 0.4) is 0 Å². The summed E-state index contributed by atoms with van der Waals surface area (Å²) in [5.74, 6) is -0.125. The van der Waals surface area contributed by atoms with E-state index < -0.39 is 18.1 Å². The van der Waals surface area contributed by atoms with Gasteiger partial charge >= 0.3 is 6.09 Å². The number of amides is 1. The third-order valence-electron chi connectivity index (χ3n) is 6.41. The molecule has 184 valence electrons. The fraction of sp³-hybridized carbons (Fsp3) is 0.214. The lowest BCUT2D eigenvalue weighted by Gasteiger charge is -2.25. The van der Waals surface area contributed by atoms with Crippen LogP contribution < -0.4 is 14.8 Å². The maximum atomic E-state index is 13.6. The number of nitrogens with one attached hydrogen (secondary N) is 1. The van der Waals surface area contributed by atoms with E-state index in [-0.39, 0.29) is 18.7 Å². The van der Waals surface area contributed by atoms with Crippen molar-refractivity contribution >= 4 is 22.9 Å². The summed E-state index contributed by atoms with van der Waals surface area (Å²) >= 11 is 0. The Labute approximate surface area is 207 Å². The standard InChI is InChI=1S/C28H26N2O6/c1-17(13-20-15-30(28(33)34)22-10-6-5-9-21(20)22)29-27(32)25(26(31)18-7-3-2-4-8-18)19-11-12-23-24(14-19)36-16-35-23/h2-12,14-15,17,25-26,31H,13,16H2,1H3,(H,29,32)(H,33,34)/t17-,25+,26+/m1/s1.